The van der Waals surface area contributed by atoms with Crippen molar-refractivity contribution in [1.82, 2.24) is 10.6 Å². The van der Waals surface area contributed by atoms with E-state index in [0.29, 0.717) is 22.8 Å². The van der Waals surface area contributed by atoms with E-state index < -0.39 is 65.8 Å². The molecule has 0 saturated carbocycles. The first-order chi connectivity index (χ1) is 35.4. The average molecular weight is 1160 g/mol. The molecule has 0 atom stereocenters. The van der Waals surface area contributed by atoms with Crippen LogP contribution in [0.5, 0.6) is 0 Å². The second-order valence-corrected chi connectivity index (χ2v) is 22.8. The number of likely N-dealkylation sites (N-methyl/N-ethyl adjacent to an activating group) is 1. The summed E-state index contributed by atoms with van der Waals surface area (Å²) in [4.78, 5) is 12.1. The third-order valence-corrected chi connectivity index (χ3v) is 15.3. The minimum atomic E-state index is -8.63. The zero-order chi connectivity index (χ0) is 57.9. The number of nitrogens with one attached hydrogen (secondary N) is 2. The van der Waals surface area contributed by atoms with Gasteiger partial charge in [-0.3, -0.25) is 0 Å². The standard InChI is InChI=1S/C54H94F17N3OS/c1-4-5-6-7-8-9-10-11-12-13-14-15-16-17-18-19-20-21-22-23-24-25-26-27-28-29-30-31-32-33-34-35-36-37-42-74(2,3)43-41-73-46(75)72-40-38-44-76-45-39-47(55,56)48(57,58)49(59,60)50(61,62)51(63,64)52(65,66)53(67,68)54(69,70)71/h4-45H2,1-3H3,(H-,72,73,75)/p+1. The van der Waals surface area contributed by atoms with Crippen LogP contribution < -0.4 is 10.6 Å². The number of alkyl halides is 17. The molecular weight excluding hydrogens is 1060 g/mol. The van der Waals surface area contributed by atoms with Crippen LogP contribution in [-0.2, 0) is 0 Å². The van der Waals surface area contributed by atoms with Crippen LogP contribution in [0.1, 0.15) is 238 Å². The van der Waals surface area contributed by atoms with Crippen LogP contribution in [0.15, 0.2) is 0 Å². The molecule has 2 N–H and O–H groups in total. The Morgan fingerprint density at radius 1 is 0.342 bits per heavy atom. The number of unbranched alkanes of at least 4 members (excludes halogenated alkanes) is 33. The van der Waals surface area contributed by atoms with Crippen LogP contribution in [0, 0.1) is 0 Å². The molecule has 0 bridgehead atoms. The number of amides is 2. The number of thioether (sulfide) groups is 1. The Labute approximate surface area is 448 Å². The molecule has 0 spiro atoms. The van der Waals surface area contributed by atoms with Gasteiger partial charge in [-0.1, -0.05) is 212 Å². The molecule has 0 aromatic heterocycles. The minimum Gasteiger partial charge on any atom is -0.338 e. The number of carbonyl (C=O) groups excluding carboxylic acids is 1. The summed E-state index contributed by atoms with van der Waals surface area (Å²) < 4.78 is 229. The Morgan fingerprint density at radius 3 is 0.934 bits per heavy atom. The first kappa shape index (κ1) is 74.4. The van der Waals surface area contributed by atoms with E-state index in [4.69, 9.17) is 0 Å². The molecule has 0 saturated heterocycles. The summed E-state index contributed by atoms with van der Waals surface area (Å²) >= 11 is 0.317. The summed E-state index contributed by atoms with van der Waals surface area (Å²) in [5.41, 5.74) is 0. The summed E-state index contributed by atoms with van der Waals surface area (Å²) in [6, 6.07) is -0.610. The van der Waals surface area contributed by atoms with Gasteiger partial charge in [0.1, 0.15) is 0 Å². The van der Waals surface area contributed by atoms with Crippen molar-refractivity contribution in [2.24, 2.45) is 0 Å². The number of hydrogen-bond acceptors (Lipinski definition) is 2. The summed E-state index contributed by atoms with van der Waals surface area (Å²) in [6.07, 6.45) is 35.5. The number of carbonyl (C=O) groups is 1. The van der Waals surface area contributed by atoms with Crippen LogP contribution >= 0.6 is 11.8 Å². The topological polar surface area (TPSA) is 41.1 Å². The molecule has 0 aliphatic heterocycles. The molecule has 2 amide bonds. The first-order valence-corrected chi connectivity index (χ1v) is 29.7. The summed E-state index contributed by atoms with van der Waals surface area (Å²) in [5.74, 6) is -57.7. The minimum absolute atomic E-state index is 0.0374. The van der Waals surface area contributed by atoms with Gasteiger partial charge >= 0.3 is 53.7 Å². The Balaban J connectivity index is 3.90. The molecule has 0 unspecified atom stereocenters. The molecule has 0 aliphatic carbocycles. The third kappa shape index (κ3) is 27.2. The molecule has 4 nitrogen and oxygen atoms in total. The molecule has 0 rings (SSSR count). The van der Waals surface area contributed by atoms with Gasteiger partial charge in [-0.05, 0) is 30.8 Å². The van der Waals surface area contributed by atoms with Gasteiger partial charge in [0.15, 0.2) is 0 Å². The van der Waals surface area contributed by atoms with E-state index >= 15 is 0 Å². The third-order valence-electron chi connectivity index (χ3n) is 14.2. The number of rotatable bonds is 51. The predicted molar refractivity (Wildman–Crippen MR) is 273 cm³/mol. The van der Waals surface area contributed by atoms with Gasteiger partial charge in [-0.2, -0.15) is 86.4 Å². The van der Waals surface area contributed by atoms with Crippen LogP contribution in [0.2, 0.25) is 0 Å². The lowest BCUT2D eigenvalue weighted by atomic mass is 9.88. The van der Waals surface area contributed by atoms with Gasteiger partial charge in [0.2, 0.25) is 0 Å². The van der Waals surface area contributed by atoms with Crippen LogP contribution in [0.3, 0.4) is 0 Å². The maximum Gasteiger partial charge on any atom is 0.460 e. The van der Waals surface area contributed by atoms with E-state index in [2.05, 4.69) is 17.6 Å². The zero-order valence-corrected chi connectivity index (χ0v) is 46.7. The number of quaternary nitrogens is 1. The van der Waals surface area contributed by atoms with E-state index in [9.17, 15) is 79.4 Å². The van der Waals surface area contributed by atoms with Crippen LogP contribution in [0.25, 0.3) is 0 Å². The van der Waals surface area contributed by atoms with Gasteiger partial charge in [-0.25, -0.2) is 4.79 Å². The number of nitrogens with zero attached hydrogens (tertiary/aromatic N) is 1. The highest BCUT2D eigenvalue weighted by Crippen LogP contribution is 2.64. The van der Waals surface area contributed by atoms with Crippen molar-refractivity contribution in [3.63, 3.8) is 0 Å². The Bertz CT molecular complexity index is 1450. The molecule has 0 aliphatic rings. The lowest BCUT2D eigenvalue weighted by Crippen LogP contribution is -2.74. The van der Waals surface area contributed by atoms with Crippen molar-refractivity contribution in [2.45, 2.75) is 286 Å². The van der Waals surface area contributed by atoms with E-state index in [1.165, 1.54) is 199 Å². The van der Waals surface area contributed by atoms with Gasteiger partial charge < -0.3 is 15.1 Å². The second kappa shape index (κ2) is 38.2. The Hall–Kier alpha value is -1.61. The number of urea groups is 1. The van der Waals surface area contributed by atoms with Crippen molar-refractivity contribution in [1.29, 1.82) is 0 Å². The smallest absolute Gasteiger partial charge is 0.338 e. The molecule has 0 aromatic carbocycles. The largest absolute Gasteiger partial charge is 0.460 e. The maximum atomic E-state index is 14.1. The molecule has 0 radical (unpaired) electrons. The highest BCUT2D eigenvalue weighted by atomic mass is 32.2. The monoisotopic (exact) mass is 1160 g/mol. The van der Waals surface area contributed by atoms with Crippen molar-refractivity contribution in [3.05, 3.63) is 0 Å². The van der Waals surface area contributed by atoms with E-state index in [-0.39, 0.29) is 25.3 Å². The number of halogens is 17. The average Bonchev–Trinajstić information content (AvgIpc) is 3.32. The lowest BCUT2D eigenvalue weighted by Gasteiger charge is -2.42. The lowest BCUT2D eigenvalue weighted by molar-refractivity contribution is -0.889. The highest BCUT2D eigenvalue weighted by molar-refractivity contribution is 7.99. The quantitative estimate of drug-likeness (QED) is 0.0362. The summed E-state index contributed by atoms with van der Waals surface area (Å²) in [6.45, 7) is 3.92. The van der Waals surface area contributed by atoms with E-state index in [1.54, 1.807) is 0 Å². The Kier molecular flexibility index (Phi) is 37.4. The second-order valence-electron chi connectivity index (χ2n) is 21.6. The number of hydrogen-bond donors (Lipinski definition) is 2. The van der Waals surface area contributed by atoms with Crippen LogP contribution in [-0.4, -0.2) is 110 Å². The normalized spacial score (nSPS) is 13.7. The fraction of sp³-hybridized carbons (Fsp3) is 0.981. The SMILES string of the molecule is CCCCCCCCCCCCCCCCCCCCCCCCCCCCCCCCCCCC[N+](C)(C)CCNC(=O)NCCCSCCC(F)(F)C(F)(F)C(F)(F)C(F)(F)C(F)(F)C(F)(F)C(F)(F)C(F)(F)F. The molecule has 76 heavy (non-hydrogen) atoms. The van der Waals surface area contributed by atoms with Crippen molar-refractivity contribution in [2.75, 3.05) is 51.8 Å². The van der Waals surface area contributed by atoms with Gasteiger partial charge in [-0.15, -0.1) is 0 Å². The molecule has 0 heterocycles. The zero-order valence-electron chi connectivity index (χ0n) is 45.9. The van der Waals surface area contributed by atoms with E-state index in [0.717, 1.165) is 25.8 Å². The molecule has 0 aromatic rings. The first-order valence-electron chi connectivity index (χ1n) is 28.5. The van der Waals surface area contributed by atoms with Crippen LogP contribution in [0.4, 0.5) is 79.4 Å². The maximum absolute atomic E-state index is 14.1. The summed E-state index contributed by atoms with van der Waals surface area (Å²) in [7, 11) is 4.03. The van der Waals surface area contributed by atoms with Gasteiger partial charge in [0.05, 0.1) is 33.7 Å². The fourth-order valence-electron chi connectivity index (χ4n) is 8.95. The molecular formula is C54H95F17N3OS+. The van der Waals surface area contributed by atoms with Crippen molar-refractivity contribution in [3.8, 4) is 0 Å². The highest BCUT2D eigenvalue weighted by Gasteiger charge is 2.95. The van der Waals surface area contributed by atoms with E-state index in [1.807, 2.05) is 14.1 Å². The van der Waals surface area contributed by atoms with Crippen molar-refractivity contribution >= 4 is 17.8 Å². The Morgan fingerprint density at radius 2 is 0.618 bits per heavy atom. The molecule has 22 heteroatoms. The molecule has 0 fully saturated rings. The van der Waals surface area contributed by atoms with Gasteiger partial charge in [0.25, 0.3) is 0 Å². The fourth-order valence-corrected chi connectivity index (χ4v) is 9.90. The van der Waals surface area contributed by atoms with Gasteiger partial charge in [0, 0.05) is 13.0 Å². The molecule has 456 valence electrons. The van der Waals surface area contributed by atoms with Crippen molar-refractivity contribution < 1.29 is 83.9 Å². The summed E-state index contributed by atoms with van der Waals surface area (Å²) in [5, 5.41) is 5.06. The predicted octanol–water partition coefficient (Wildman–Crippen LogP) is 20.2.